The monoisotopic (exact) mass is 334 g/mol. The van der Waals surface area contributed by atoms with Crippen molar-refractivity contribution in [2.75, 3.05) is 24.6 Å². The summed E-state index contributed by atoms with van der Waals surface area (Å²) in [6.45, 7) is 5.29. The van der Waals surface area contributed by atoms with Crippen LogP contribution < -0.4 is 5.73 Å². The number of benzene rings is 1. The fraction of sp³-hybridized carbons (Fsp3) is 0.538. The summed E-state index contributed by atoms with van der Waals surface area (Å²) in [5, 5.41) is 0.377. The van der Waals surface area contributed by atoms with Crippen LogP contribution in [0, 0.1) is 0 Å². The first-order valence-corrected chi connectivity index (χ1v) is 9.22. The summed E-state index contributed by atoms with van der Waals surface area (Å²) < 4.78 is 27.0. The van der Waals surface area contributed by atoms with E-state index < -0.39 is 10.0 Å². The Bertz CT molecular complexity index is 602. The van der Waals surface area contributed by atoms with Gasteiger partial charge in [0.15, 0.2) is 0 Å². The molecule has 0 unspecified atom stereocenters. The molecule has 7 heteroatoms. The van der Waals surface area contributed by atoms with E-state index in [4.69, 9.17) is 17.3 Å². The predicted octanol–water partition coefficient (Wildman–Crippen LogP) is 2.83. The minimum absolute atomic E-state index is 0.101. The Hall–Kier alpha value is -0.430. The van der Waals surface area contributed by atoms with E-state index >= 15 is 0 Å². The van der Waals surface area contributed by atoms with Gasteiger partial charge in [-0.25, -0.2) is 8.42 Å². The van der Waals surface area contributed by atoms with Gasteiger partial charge in [-0.3, -0.25) is 0 Å². The Morgan fingerprint density at radius 3 is 2.75 bits per heavy atom. The molecule has 0 spiro atoms. The van der Waals surface area contributed by atoms with Gasteiger partial charge in [0.1, 0.15) is 4.90 Å². The molecule has 0 atom stereocenters. The number of hydrogen-bond acceptors (Lipinski definition) is 4. The van der Waals surface area contributed by atoms with Gasteiger partial charge in [-0.15, -0.1) is 0 Å². The van der Waals surface area contributed by atoms with Gasteiger partial charge < -0.3 is 5.73 Å². The number of halogens is 1. The van der Waals surface area contributed by atoms with E-state index in [2.05, 4.69) is 13.8 Å². The van der Waals surface area contributed by atoms with E-state index in [0.29, 0.717) is 18.1 Å². The Morgan fingerprint density at radius 2 is 2.05 bits per heavy atom. The van der Waals surface area contributed by atoms with Gasteiger partial charge in [-0.2, -0.15) is 16.1 Å². The molecule has 1 aromatic carbocycles. The van der Waals surface area contributed by atoms with Crippen LogP contribution in [0.5, 0.6) is 0 Å². The van der Waals surface area contributed by atoms with Gasteiger partial charge in [0.2, 0.25) is 10.0 Å². The number of thioether (sulfide) groups is 1. The molecule has 0 amide bonds. The molecule has 0 radical (unpaired) electrons. The topological polar surface area (TPSA) is 63.4 Å². The maximum absolute atomic E-state index is 12.7. The fourth-order valence-corrected chi connectivity index (χ4v) is 5.15. The second-order valence-corrected chi connectivity index (χ2v) is 9.59. The van der Waals surface area contributed by atoms with Crippen LogP contribution in [0.2, 0.25) is 5.02 Å². The normalized spacial score (nSPS) is 20.6. The third-order valence-electron chi connectivity index (χ3n) is 3.39. The van der Waals surface area contributed by atoms with Crippen molar-refractivity contribution in [2.45, 2.75) is 29.9 Å². The Labute approximate surface area is 129 Å². The van der Waals surface area contributed by atoms with Crippen LogP contribution in [0.25, 0.3) is 0 Å². The second-order valence-electron chi connectivity index (χ2n) is 5.44. The standard InChI is InChI=1S/C13H19ClN2O2S2/c1-13(2)5-6-16(7-8-19-13)20(17,18)12-9-10(14)3-4-11(12)15/h3-4,9H,5-8,15H2,1-2H3. The van der Waals surface area contributed by atoms with Crippen molar-refractivity contribution >= 4 is 39.1 Å². The number of nitrogens with two attached hydrogens (primary N) is 1. The molecule has 0 bridgehead atoms. The average Bonchev–Trinajstić information content (AvgIpc) is 2.53. The lowest BCUT2D eigenvalue weighted by Crippen LogP contribution is -2.34. The van der Waals surface area contributed by atoms with Gasteiger partial charge in [0.25, 0.3) is 0 Å². The first-order chi connectivity index (χ1) is 9.22. The molecular weight excluding hydrogens is 316 g/mol. The third-order valence-corrected chi connectivity index (χ3v) is 6.95. The van der Waals surface area contributed by atoms with E-state index in [1.54, 1.807) is 17.8 Å². The molecule has 1 saturated heterocycles. The molecule has 2 N–H and O–H groups in total. The number of hydrogen-bond donors (Lipinski definition) is 1. The first kappa shape index (κ1) is 15.9. The van der Waals surface area contributed by atoms with E-state index in [1.165, 1.54) is 16.4 Å². The quantitative estimate of drug-likeness (QED) is 0.845. The van der Waals surface area contributed by atoms with Crippen molar-refractivity contribution in [1.82, 2.24) is 4.31 Å². The van der Waals surface area contributed by atoms with Crippen molar-refractivity contribution in [1.29, 1.82) is 0 Å². The van der Waals surface area contributed by atoms with Crippen molar-refractivity contribution in [3.05, 3.63) is 23.2 Å². The largest absolute Gasteiger partial charge is 0.398 e. The number of nitrogens with zero attached hydrogens (tertiary/aromatic N) is 1. The van der Waals surface area contributed by atoms with E-state index in [0.717, 1.165) is 12.2 Å². The minimum Gasteiger partial charge on any atom is -0.398 e. The third kappa shape index (κ3) is 3.42. The zero-order valence-corrected chi connectivity index (χ0v) is 14.0. The minimum atomic E-state index is -3.58. The molecule has 1 aliphatic rings. The molecule has 1 heterocycles. The highest BCUT2D eigenvalue weighted by Gasteiger charge is 2.31. The summed E-state index contributed by atoms with van der Waals surface area (Å²) in [5.74, 6) is 0.784. The Balaban J connectivity index is 2.33. The predicted molar refractivity (Wildman–Crippen MR) is 85.8 cm³/mol. The molecule has 0 aliphatic carbocycles. The van der Waals surface area contributed by atoms with Crippen LogP contribution in [-0.2, 0) is 10.0 Å². The lowest BCUT2D eigenvalue weighted by Gasteiger charge is -2.23. The Morgan fingerprint density at radius 1 is 1.35 bits per heavy atom. The van der Waals surface area contributed by atoms with Crippen LogP contribution in [0.4, 0.5) is 5.69 Å². The zero-order chi connectivity index (χ0) is 15.0. The highest BCUT2D eigenvalue weighted by atomic mass is 35.5. The summed E-state index contributed by atoms with van der Waals surface area (Å²) in [5.41, 5.74) is 6.05. The highest BCUT2D eigenvalue weighted by Crippen LogP contribution is 2.33. The van der Waals surface area contributed by atoms with Gasteiger partial charge in [-0.1, -0.05) is 25.4 Å². The summed E-state index contributed by atoms with van der Waals surface area (Å²) in [4.78, 5) is 0.106. The number of nitrogen functional groups attached to an aromatic ring is 1. The maximum atomic E-state index is 12.7. The van der Waals surface area contributed by atoms with Gasteiger partial charge in [-0.05, 0) is 24.6 Å². The fourth-order valence-electron chi connectivity index (χ4n) is 2.11. The van der Waals surface area contributed by atoms with Gasteiger partial charge in [0, 0.05) is 28.6 Å². The number of anilines is 1. The zero-order valence-electron chi connectivity index (χ0n) is 11.6. The van der Waals surface area contributed by atoms with Crippen molar-refractivity contribution in [3.8, 4) is 0 Å². The molecule has 1 aromatic rings. The molecule has 112 valence electrons. The number of sulfonamides is 1. The summed E-state index contributed by atoms with van der Waals surface area (Å²) >= 11 is 7.70. The van der Waals surface area contributed by atoms with E-state index in [9.17, 15) is 8.42 Å². The average molecular weight is 335 g/mol. The molecular formula is C13H19ClN2O2S2. The summed E-state index contributed by atoms with van der Waals surface area (Å²) in [7, 11) is -3.58. The smallest absolute Gasteiger partial charge is 0.245 e. The van der Waals surface area contributed by atoms with Crippen molar-refractivity contribution in [3.63, 3.8) is 0 Å². The summed E-state index contributed by atoms with van der Waals surface area (Å²) in [6.07, 6.45) is 0.817. The lowest BCUT2D eigenvalue weighted by molar-refractivity contribution is 0.415. The van der Waals surface area contributed by atoms with Crippen LogP contribution in [0.1, 0.15) is 20.3 Å². The summed E-state index contributed by atoms with van der Waals surface area (Å²) in [6, 6.07) is 4.55. The first-order valence-electron chi connectivity index (χ1n) is 6.41. The van der Waals surface area contributed by atoms with Crippen LogP contribution in [-0.4, -0.2) is 36.3 Å². The van der Waals surface area contributed by atoms with E-state index in [1.807, 2.05) is 0 Å². The van der Waals surface area contributed by atoms with Crippen LogP contribution in [0.3, 0.4) is 0 Å². The van der Waals surface area contributed by atoms with Crippen molar-refractivity contribution < 1.29 is 8.42 Å². The Kier molecular flexibility index (Phi) is 4.59. The van der Waals surface area contributed by atoms with Gasteiger partial charge >= 0.3 is 0 Å². The van der Waals surface area contributed by atoms with E-state index in [-0.39, 0.29) is 15.3 Å². The number of rotatable bonds is 2. The molecule has 4 nitrogen and oxygen atoms in total. The second kappa shape index (κ2) is 5.75. The van der Waals surface area contributed by atoms with Gasteiger partial charge in [0.05, 0.1) is 5.69 Å². The maximum Gasteiger partial charge on any atom is 0.245 e. The molecule has 20 heavy (non-hydrogen) atoms. The van der Waals surface area contributed by atoms with Crippen LogP contribution in [0.15, 0.2) is 23.1 Å². The molecule has 2 rings (SSSR count). The molecule has 0 aromatic heterocycles. The molecule has 0 saturated carbocycles. The SMILES string of the molecule is CC1(C)CCN(S(=O)(=O)c2cc(Cl)ccc2N)CCS1. The molecule has 1 fully saturated rings. The van der Waals surface area contributed by atoms with Crippen molar-refractivity contribution in [2.24, 2.45) is 0 Å². The highest BCUT2D eigenvalue weighted by molar-refractivity contribution is 8.00. The van der Waals surface area contributed by atoms with Crippen LogP contribution >= 0.6 is 23.4 Å². The molecule has 1 aliphatic heterocycles. The lowest BCUT2D eigenvalue weighted by atomic mass is 10.1.